The molecule has 1 aliphatic heterocycles. The van der Waals surface area contributed by atoms with Gasteiger partial charge in [-0.1, -0.05) is 66.3 Å². The highest BCUT2D eigenvalue weighted by Crippen LogP contribution is 2.39. The molecule has 1 aliphatic rings. The quantitative estimate of drug-likeness (QED) is 0.158. The van der Waals surface area contributed by atoms with Crippen molar-refractivity contribution >= 4 is 22.8 Å². The first-order valence-corrected chi connectivity index (χ1v) is 15.1. The van der Waals surface area contributed by atoms with E-state index in [1.165, 1.54) is 24.9 Å². The number of halogens is 6. The van der Waals surface area contributed by atoms with E-state index in [1.54, 1.807) is 24.1 Å². The van der Waals surface area contributed by atoms with E-state index in [1.807, 2.05) is 37.3 Å². The highest BCUT2D eigenvalue weighted by molar-refractivity contribution is 8.15. The molecule has 1 aromatic heterocycles. The third-order valence-corrected chi connectivity index (χ3v) is 8.84. The highest BCUT2D eigenvalue weighted by atomic mass is 32.2. The zero-order valence-corrected chi connectivity index (χ0v) is 26.0. The average molecular weight is 679 g/mol. The van der Waals surface area contributed by atoms with Gasteiger partial charge in [0.25, 0.3) is 5.91 Å². The first-order chi connectivity index (χ1) is 22.2. The van der Waals surface area contributed by atoms with E-state index in [0.717, 1.165) is 17.2 Å². The van der Waals surface area contributed by atoms with Gasteiger partial charge in [-0.2, -0.15) is 36.3 Å². The number of methoxy groups -OCH3 is 1. The van der Waals surface area contributed by atoms with E-state index in [-0.39, 0.29) is 35.9 Å². The van der Waals surface area contributed by atoms with Crippen LogP contribution in [-0.4, -0.2) is 45.5 Å². The summed E-state index contributed by atoms with van der Waals surface area (Å²) in [5.74, 6) is 0.673. The summed E-state index contributed by atoms with van der Waals surface area (Å²) in [6.07, 6.45) is -9.51. The molecule has 2 heterocycles. The SMILES string of the molecule is COc1cc(CC(C)C2SC(N(C)Cc3nc(-c4ccccc4)no3)=NC2=O)ccc1OCc1ccc(C(F)(F)F)cc1C(F)(F)F. The molecule has 1 amide bonds. The number of aromatic nitrogens is 2. The lowest BCUT2D eigenvalue weighted by Crippen LogP contribution is -2.25. The lowest BCUT2D eigenvalue weighted by Gasteiger charge is -2.20. The molecule has 0 radical (unpaired) electrons. The van der Waals surface area contributed by atoms with Gasteiger partial charge in [-0.25, -0.2) is 0 Å². The Morgan fingerprint density at radius 2 is 1.72 bits per heavy atom. The Balaban J connectivity index is 1.20. The summed E-state index contributed by atoms with van der Waals surface area (Å²) >= 11 is 1.32. The summed E-state index contributed by atoms with van der Waals surface area (Å²) in [6, 6.07) is 15.6. The normalized spacial score (nSPS) is 15.8. The molecule has 15 heteroatoms. The summed E-state index contributed by atoms with van der Waals surface area (Å²) in [7, 11) is 3.12. The minimum atomic E-state index is -5.02. The minimum absolute atomic E-state index is 0.0719. The van der Waals surface area contributed by atoms with E-state index < -0.39 is 40.9 Å². The lowest BCUT2D eigenvalue weighted by atomic mass is 9.97. The van der Waals surface area contributed by atoms with Crippen molar-refractivity contribution in [2.24, 2.45) is 10.9 Å². The van der Waals surface area contributed by atoms with Crippen molar-refractivity contribution in [3.8, 4) is 22.9 Å². The van der Waals surface area contributed by atoms with Crippen LogP contribution in [0.25, 0.3) is 11.4 Å². The van der Waals surface area contributed by atoms with Gasteiger partial charge in [-0.15, -0.1) is 0 Å². The number of nitrogens with zero attached hydrogens (tertiary/aromatic N) is 4. The maximum Gasteiger partial charge on any atom is 0.416 e. The number of aliphatic imine (C=N–C) groups is 1. The maximum absolute atomic E-state index is 13.6. The van der Waals surface area contributed by atoms with Crippen LogP contribution in [0.3, 0.4) is 0 Å². The molecule has 0 fully saturated rings. The number of hydrogen-bond acceptors (Lipinski definition) is 8. The Morgan fingerprint density at radius 3 is 2.40 bits per heavy atom. The molecule has 47 heavy (non-hydrogen) atoms. The molecule has 0 N–H and O–H groups in total. The van der Waals surface area contributed by atoms with Crippen molar-refractivity contribution in [3.63, 3.8) is 0 Å². The predicted octanol–water partition coefficient (Wildman–Crippen LogP) is 7.67. The number of thioether (sulfide) groups is 1. The average Bonchev–Trinajstić information content (AvgIpc) is 3.66. The van der Waals surface area contributed by atoms with Gasteiger partial charge in [0, 0.05) is 18.2 Å². The number of amides is 1. The molecular formula is C32H28F6N4O4S. The van der Waals surface area contributed by atoms with Crippen molar-refractivity contribution < 1.29 is 45.1 Å². The number of carbonyl (C=O) groups excluding carboxylic acids is 1. The van der Waals surface area contributed by atoms with E-state index >= 15 is 0 Å². The summed E-state index contributed by atoms with van der Waals surface area (Å²) in [4.78, 5) is 23.3. The number of ether oxygens (including phenoxy) is 2. The molecule has 0 spiro atoms. The Hall–Kier alpha value is -4.53. The summed E-state index contributed by atoms with van der Waals surface area (Å²) in [5.41, 5.74) is -1.72. The Labute approximate surface area is 269 Å². The van der Waals surface area contributed by atoms with Crippen LogP contribution in [0.4, 0.5) is 26.3 Å². The van der Waals surface area contributed by atoms with Gasteiger partial charge in [0.15, 0.2) is 16.7 Å². The van der Waals surface area contributed by atoms with E-state index in [9.17, 15) is 31.1 Å². The number of rotatable bonds is 10. The molecule has 248 valence electrons. The van der Waals surface area contributed by atoms with Gasteiger partial charge >= 0.3 is 12.4 Å². The van der Waals surface area contributed by atoms with Gasteiger partial charge in [0.2, 0.25) is 11.7 Å². The zero-order chi connectivity index (χ0) is 33.9. The van der Waals surface area contributed by atoms with Crippen molar-refractivity contribution in [2.75, 3.05) is 14.2 Å². The third-order valence-electron chi connectivity index (χ3n) is 7.31. The first-order valence-electron chi connectivity index (χ1n) is 14.2. The number of benzene rings is 3. The fraction of sp³-hybridized carbons (Fsp3) is 0.312. The van der Waals surface area contributed by atoms with Crippen molar-refractivity contribution in [1.82, 2.24) is 15.0 Å². The maximum atomic E-state index is 13.6. The summed E-state index contributed by atoms with van der Waals surface area (Å²) in [6.45, 7) is 1.51. The van der Waals surface area contributed by atoms with Crippen molar-refractivity contribution in [3.05, 3.63) is 94.9 Å². The summed E-state index contributed by atoms with van der Waals surface area (Å²) < 4.78 is 96.0. The van der Waals surface area contributed by atoms with E-state index in [0.29, 0.717) is 29.4 Å². The second-order valence-electron chi connectivity index (χ2n) is 10.8. The molecular weight excluding hydrogens is 650 g/mol. The number of carbonyl (C=O) groups is 1. The topological polar surface area (TPSA) is 90.0 Å². The van der Waals surface area contributed by atoms with Crippen LogP contribution in [0.2, 0.25) is 0 Å². The molecule has 0 saturated heterocycles. The van der Waals surface area contributed by atoms with E-state index in [2.05, 4.69) is 15.1 Å². The number of hydrogen-bond donors (Lipinski definition) is 0. The molecule has 0 bridgehead atoms. The van der Waals surface area contributed by atoms with Gasteiger partial charge in [-0.3, -0.25) is 4.79 Å². The van der Waals surface area contributed by atoms with Crippen LogP contribution < -0.4 is 9.47 Å². The monoisotopic (exact) mass is 678 g/mol. The summed E-state index contributed by atoms with van der Waals surface area (Å²) in [5, 5.41) is 4.05. The Kier molecular flexibility index (Phi) is 9.84. The third kappa shape index (κ3) is 8.07. The zero-order valence-electron chi connectivity index (χ0n) is 25.2. The van der Waals surface area contributed by atoms with E-state index in [4.69, 9.17) is 14.0 Å². The van der Waals surface area contributed by atoms with Gasteiger partial charge in [0.05, 0.1) is 30.0 Å². The van der Waals surface area contributed by atoms with Crippen LogP contribution in [0, 0.1) is 5.92 Å². The van der Waals surface area contributed by atoms with Crippen LogP contribution in [0.1, 0.15) is 35.1 Å². The minimum Gasteiger partial charge on any atom is -0.493 e. The number of amidine groups is 1. The first kappa shape index (κ1) is 33.8. The van der Waals surface area contributed by atoms with Gasteiger partial charge in [0.1, 0.15) is 6.61 Å². The van der Waals surface area contributed by atoms with Crippen molar-refractivity contribution in [1.29, 1.82) is 0 Å². The molecule has 2 atom stereocenters. The predicted molar refractivity (Wildman–Crippen MR) is 162 cm³/mol. The fourth-order valence-electron chi connectivity index (χ4n) is 4.91. The van der Waals surface area contributed by atoms with Gasteiger partial charge < -0.3 is 18.9 Å². The highest BCUT2D eigenvalue weighted by Gasteiger charge is 2.38. The molecule has 2 unspecified atom stereocenters. The Morgan fingerprint density at radius 1 is 0.979 bits per heavy atom. The van der Waals surface area contributed by atoms with Gasteiger partial charge in [-0.05, 0) is 42.2 Å². The smallest absolute Gasteiger partial charge is 0.416 e. The Bertz CT molecular complexity index is 1760. The molecule has 5 rings (SSSR count). The second-order valence-corrected chi connectivity index (χ2v) is 11.9. The van der Waals surface area contributed by atoms with Crippen LogP contribution in [-0.2, 0) is 36.7 Å². The molecule has 0 aliphatic carbocycles. The fourth-order valence-corrected chi connectivity index (χ4v) is 6.01. The molecule has 0 saturated carbocycles. The lowest BCUT2D eigenvalue weighted by molar-refractivity contribution is -0.143. The standard InChI is InChI=1S/C32H28F6N4O4S/c1-18(27-29(43)40-30(47-27)42(2)16-26-39-28(41-46-26)20-7-5-4-6-8-20)13-19-9-12-24(25(14-19)44-3)45-17-21-10-11-22(31(33,34)35)15-23(21)32(36,37)38/h4-12,14-15,18,27H,13,16-17H2,1-3H3. The second kappa shape index (κ2) is 13.7. The van der Waals surface area contributed by atoms with Crippen LogP contribution in [0.15, 0.2) is 76.2 Å². The molecule has 3 aromatic carbocycles. The number of alkyl halides is 6. The van der Waals surface area contributed by atoms with Crippen molar-refractivity contribution in [2.45, 2.75) is 44.1 Å². The van der Waals surface area contributed by atoms with Crippen LogP contribution >= 0.6 is 11.8 Å². The largest absolute Gasteiger partial charge is 0.493 e. The van der Waals surface area contributed by atoms with Crippen LogP contribution in [0.5, 0.6) is 11.5 Å². The molecule has 4 aromatic rings. The molecule has 8 nitrogen and oxygen atoms in total.